The highest BCUT2D eigenvalue weighted by atomic mass is 32.2. The van der Waals surface area contributed by atoms with E-state index in [0.29, 0.717) is 29.8 Å². The third-order valence-electron chi connectivity index (χ3n) is 4.23. The topological polar surface area (TPSA) is 101 Å². The molecule has 1 aromatic carbocycles. The lowest BCUT2D eigenvalue weighted by atomic mass is 10.1. The van der Waals surface area contributed by atoms with Crippen LogP contribution >= 0.6 is 0 Å². The van der Waals surface area contributed by atoms with Crippen LogP contribution in [0.2, 0.25) is 0 Å². The number of carbonyl (C=O) groups excluding carboxylic acids is 1. The Morgan fingerprint density at radius 2 is 1.96 bits per heavy atom. The molecule has 2 aromatic rings. The predicted molar refractivity (Wildman–Crippen MR) is 92.6 cm³/mol. The Bertz CT molecular complexity index is 885. The number of sulfonamides is 1. The zero-order valence-corrected chi connectivity index (χ0v) is 14.9. The van der Waals surface area contributed by atoms with Crippen LogP contribution in [0.5, 0.6) is 0 Å². The standard InChI is InChI=1S/C16H20N4O4S/c1-20(2)25(22,23)10-12-8-24-9-15(12)19-16(21)11-3-4-13-14(7-11)18-6-5-17-13/h3-7,12,15H,8-10H2,1-2H3,(H,19,21). The van der Waals surface area contributed by atoms with Crippen LogP contribution in [0.1, 0.15) is 10.4 Å². The van der Waals surface area contributed by atoms with Crippen LogP contribution in [-0.2, 0) is 14.8 Å². The minimum Gasteiger partial charge on any atom is -0.379 e. The average Bonchev–Trinajstić information content (AvgIpc) is 3.00. The lowest BCUT2D eigenvalue weighted by Gasteiger charge is -2.21. The molecule has 3 rings (SSSR count). The van der Waals surface area contributed by atoms with Gasteiger partial charge in [-0.25, -0.2) is 12.7 Å². The van der Waals surface area contributed by atoms with Crippen molar-refractivity contribution < 1.29 is 17.9 Å². The lowest BCUT2D eigenvalue weighted by Crippen LogP contribution is -2.43. The fourth-order valence-electron chi connectivity index (χ4n) is 2.70. The van der Waals surface area contributed by atoms with E-state index in [2.05, 4.69) is 15.3 Å². The minimum atomic E-state index is -3.36. The summed E-state index contributed by atoms with van der Waals surface area (Å²) in [6.45, 7) is 0.605. The van der Waals surface area contributed by atoms with Gasteiger partial charge in [0.15, 0.2) is 0 Å². The fraction of sp³-hybridized carbons (Fsp3) is 0.438. The second kappa shape index (κ2) is 7.03. The van der Waals surface area contributed by atoms with Gasteiger partial charge in [-0.05, 0) is 18.2 Å². The zero-order valence-electron chi connectivity index (χ0n) is 14.0. The summed E-state index contributed by atoms with van der Waals surface area (Å²) >= 11 is 0. The molecule has 2 atom stereocenters. The van der Waals surface area contributed by atoms with Gasteiger partial charge in [-0.2, -0.15) is 0 Å². The van der Waals surface area contributed by atoms with E-state index in [1.54, 1.807) is 30.6 Å². The third kappa shape index (κ3) is 3.94. The van der Waals surface area contributed by atoms with E-state index >= 15 is 0 Å². The summed E-state index contributed by atoms with van der Waals surface area (Å²) < 4.78 is 30.7. The minimum absolute atomic E-state index is 0.0614. The van der Waals surface area contributed by atoms with E-state index in [4.69, 9.17) is 4.74 Å². The molecule has 0 aliphatic carbocycles. The van der Waals surface area contributed by atoms with Gasteiger partial charge >= 0.3 is 0 Å². The van der Waals surface area contributed by atoms with Crippen LogP contribution < -0.4 is 5.32 Å². The summed E-state index contributed by atoms with van der Waals surface area (Å²) in [5.74, 6) is -0.624. The van der Waals surface area contributed by atoms with Gasteiger partial charge in [-0.3, -0.25) is 14.8 Å². The number of hydrogen-bond acceptors (Lipinski definition) is 6. The van der Waals surface area contributed by atoms with Gasteiger partial charge in [0, 0.05) is 38.0 Å². The fourth-order valence-corrected chi connectivity index (χ4v) is 3.87. The maximum Gasteiger partial charge on any atom is 0.251 e. The number of rotatable bonds is 5. The van der Waals surface area contributed by atoms with Gasteiger partial charge < -0.3 is 10.1 Å². The number of nitrogens with one attached hydrogen (secondary N) is 1. The molecule has 2 unspecified atom stereocenters. The highest BCUT2D eigenvalue weighted by Gasteiger charge is 2.34. The quantitative estimate of drug-likeness (QED) is 0.817. The van der Waals surface area contributed by atoms with Gasteiger partial charge in [0.2, 0.25) is 10.0 Å². The molecule has 134 valence electrons. The van der Waals surface area contributed by atoms with Crippen molar-refractivity contribution in [2.45, 2.75) is 6.04 Å². The normalized spacial score (nSPS) is 20.9. The Labute approximate surface area is 146 Å². The predicted octanol–water partition coefficient (Wildman–Crippen LogP) is 0.266. The Hall–Kier alpha value is -2.10. The van der Waals surface area contributed by atoms with Crippen LogP contribution in [0.15, 0.2) is 30.6 Å². The van der Waals surface area contributed by atoms with E-state index in [-0.39, 0.29) is 23.6 Å². The van der Waals surface area contributed by atoms with Crippen molar-refractivity contribution >= 4 is 27.0 Å². The molecule has 0 spiro atoms. The highest BCUT2D eigenvalue weighted by molar-refractivity contribution is 7.89. The molecule has 1 aromatic heterocycles. The van der Waals surface area contributed by atoms with E-state index < -0.39 is 10.0 Å². The van der Waals surface area contributed by atoms with E-state index in [0.717, 1.165) is 0 Å². The van der Waals surface area contributed by atoms with Crippen molar-refractivity contribution in [3.05, 3.63) is 36.2 Å². The van der Waals surface area contributed by atoms with Crippen molar-refractivity contribution in [2.75, 3.05) is 33.1 Å². The Balaban J connectivity index is 1.72. The molecular weight excluding hydrogens is 344 g/mol. The Morgan fingerprint density at radius 3 is 2.68 bits per heavy atom. The molecule has 9 heteroatoms. The molecule has 2 heterocycles. The largest absolute Gasteiger partial charge is 0.379 e. The van der Waals surface area contributed by atoms with Gasteiger partial charge in [0.05, 0.1) is 36.0 Å². The number of hydrogen-bond donors (Lipinski definition) is 1. The molecular formula is C16H20N4O4S. The summed E-state index contributed by atoms with van der Waals surface area (Å²) in [5.41, 5.74) is 1.79. The summed E-state index contributed by atoms with van der Waals surface area (Å²) in [5, 5.41) is 2.88. The third-order valence-corrected chi connectivity index (χ3v) is 6.19. The number of amides is 1. The number of ether oxygens (including phenoxy) is 1. The van der Waals surface area contributed by atoms with Crippen molar-refractivity contribution in [3.8, 4) is 0 Å². The van der Waals surface area contributed by atoms with Crippen LogP contribution in [0, 0.1) is 5.92 Å². The Kier molecular flexibility index (Phi) is 4.98. The maximum absolute atomic E-state index is 12.5. The summed E-state index contributed by atoms with van der Waals surface area (Å²) in [7, 11) is -0.370. The molecule has 1 fully saturated rings. The van der Waals surface area contributed by atoms with Crippen molar-refractivity contribution in [1.82, 2.24) is 19.6 Å². The zero-order chi connectivity index (χ0) is 18.0. The molecule has 1 amide bonds. The first-order valence-corrected chi connectivity index (χ1v) is 9.47. The summed E-state index contributed by atoms with van der Waals surface area (Å²) in [4.78, 5) is 20.9. The highest BCUT2D eigenvalue weighted by Crippen LogP contribution is 2.18. The molecule has 8 nitrogen and oxygen atoms in total. The van der Waals surface area contributed by atoms with Crippen LogP contribution in [-0.4, -0.2) is 67.7 Å². The van der Waals surface area contributed by atoms with Crippen LogP contribution in [0.25, 0.3) is 11.0 Å². The molecule has 0 saturated carbocycles. The van der Waals surface area contributed by atoms with Crippen molar-refractivity contribution in [3.63, 3.8) is 0 Å². The number of nitrogens with zero attached hydrogens (tertiary/aromatic N) is 3. The summed E-state index contributed by atoms with van der Waals surface area (Å²) in [6, 6.07) is 4.73. The first kappa shape index (κ1) is 17.7. The van der Waals surface area contributed by atoms with Gasteiger partial charge in [-0.15, -0.1) is 0 Å². The van der Waals surface area contributed by atoms with Gasteiger partial charge in [-0.1, -0.05) is 0 Å². The SMILES string of the molecule is CN(C)S(=O)(=O)CC1COCC1NC(=O)c1ccc2nccnc2c1. The number of carbonyl (C=O) groups is 1. The molecule has 1 aliphatic heterocycles. The van der Waals surface area contributed by atoms with E-state index in [9.17, 15) is 13.2 Å². The molecule has 0 radical (unpaired) electrons. The molecule has 0 bridgehead atoms. The first-order chi connectivity index (χ1) is 11.9. The second-order valence-electron chi connectivity index (χ2n) is 6.20. The first-order valence-electron chi connectivity index (χ1n) is 7.86. The van der Waals surface area contributed by atoms with Gasteiger partial charge in [0.1, 0.15) is 0 Å². The Morgan fingerprint density at radius 1 is 1.24 bits per heavy atom. The average molecular weight is 364 g/mol. The van der Waals surface area contributed by atoms with Crippen LogP contribution in [0.4, 0.5) is 0 Å². The molecule has 1 N–H and O–H groups in total. The van der Waals surface area contributed by atoms with Crippen molar-refractivity contribution in [1.29, 1.82) is 0 Å². The molecule has 25 heavy (non-hydrogen) atoms. The van der Waals surface area contributed by atoms with Crippen molar-refractivity contribution in [2.24, 2.45) is 5.92 Å². The second-order valence-corrected chi connectivity index (χ2v) is 8.43. The summed E-state index contributed by atoms with van der Waals surface area (Å²) in [6.07, 6.45) is 3.16. The molecule has 1 saturated heterocycles. The number of aromatic nitrogens is 2. The monoisotopic (exact) mass is 364 g/mol. The lowest BCUT2D eigenvalue weighted by molar-refractivity contribution is 0.0926. The smallest absolute Gasteiger partial charge is 0.251 e. The maximum atomic E-state index is 12.5. The van der Waals surface area contributed by atoms with Crippen LogP contribution in [0.3, 0.4) is 0 Å². The molecule has 1 aliphatic rings. The number of fused-ring (bicyclic) bond motifs is 1. The van der Waals surface area contributed by atoms with E-state index in [1.807, 2.05) is 0 Å². The number of benzene rings is 1. The van der Waals surface area contributed by atoms with Gasteiger partial charge in [0.25, 0.3) is 5.91 Å². The van der Waals surface area contributed by atoms with E-state index in [1.165, 1.54) is 18.4 Å².